The second-order valence-electron chi connectivity index (χ2n) is 4.85. The van der Waals surface area contributed by atoms with Crippen molar-refractivity contribution in [3.05, 3.63) is 23.8 Å². The number of likely N-dealkylation sites (N-methyl/N-ethyl adjacent to an activating group) is 1. The fourth-order valence-electron chi connectivity index (χ4n) is 2.36. The fraction of sp³-hybridized carbons (Fsp3) is 0.538. The first-order valence-electron chi connectivity index (χ1n) is 5.89. The SMILES string of the molecule is Cc1cc(N2CCN(C)CC2C)ccc1N. The van der Waals surface area contributed by atoms with E-state index < -0.39 is 0 Å². The normalized spacial score (nSPS) is 22.4. The zero-order chi connectivity index (χ0) is 11.7. The van der Waals surface area contributed by atoms with E-state index in [1.165, 1.54) is 11.3 Å². The quantitative estimate of drug-likeness (QED) is 0.730. The summed E-state index contributed by atoms with van der Waals surface area (Å²) in [5.74, 6) is 0. The van der Waals surface area contributed by atoms with Gasteiger partial charge in [-0.2, -0.15) is 0 Å². The number of aryl methyl sites for hydroxylation is 1. The van der Waals surface area contributed by atoms with Crippen molar-refractivity contribution in [2.45, 2.75) is 19.9 Å². The van der Waals surface area contributed by atoms with Crippen LogP contribution in [0, 0.1) is 6.92 Å². The number of benzene rings is 1. The second kappa shape index (κ2) is 4.34. The number of nitrogens with zero attached hydrogens (tertiary/aromatic N) is 2. The molecule has 1 unspecified atom stereocenters. The van der Waals surface area contributed by atoms with Gasteiger partial charge in [-0.15, -0.1) is 0 Å². The maximum atomic E-state index is 5.85. The van der Waals surface area contributed by atoms with E-state index in [1.807, 2.05) is 6.07 Å². The van der Waals surface area contributed by atoms with Gasteiger partial charge in [0.25, 0.3) is 0 Å². The van der Waals surface area contributed by atoms with E-state index in [1.54, 1.807) is 0 Å². The Morgan fingerprint density at radius 1 is 1.31 bits per heavy atom. The van der Waals surface area contributed by atoms with Crippen molar-refractivity contribution in [3.63, 3.8) is 0 Å². The van der Waals surface area contributed by atoms with Crippen LogP contribution in [0.3, 0.4) is 0 Å². The molecule has 2 N–H and O–H groups in total. The summed E-state index contributed by atoms with van der Waals surface area (Å²) in [7, 11) is 2.18. The first-order valence-corrected chi connectivity index (χ1v) is 5.89. The van der Waals surface area contributed by atoms with Crippen LogP contribution >= 0.6 is 0 Å². The molecule has 0 saturated carbocycles. The van der Waals surface area contributed by atoms with Gasteiger partial charge in [0.2, 0.25) is 0 Å². The van der Waals surface area contributed by atoms with Crippen LogP contribution in [0.5, 0.6) is 0 Å². The first kappa shape index (κ1) is 11.3. The Balaban J connectivity index is 2.20. The molecule has 88 valence electrons. The van der Waals surface area contributed by atoms with Crippen LogP contribution in [0.15, 0.2) is 18.2 Å². The molecule has 0 aliphatic carbocycles. The van der Waals surface area contributed by atoms with Crippen molar-refractivity contribution in [3.8, 4) is 0 Å². The van der Waals surface area contributed by atoms with Crippen LogP contribution in [0.2, 0.25) is 0 Å². The number of rotatable bonds is 1. The van der Waals surface area contributed by atoms with Crippen LogP contribution in [0.25, 0.3) is 0 Å². The molecule has 1 aromatic carbocycles. The highest BCUT2D eigenvalue weighted by Crippen LogP contribution is 2.23. The van der Waals surface area contributed by atoms with Crippen LogP contribution in [0.4, 0.5) is 11.4 Å². The number of anilines is 2. The third-order valence-electron chi connectivity index (χ3n) is 3.42. The van der Waals surface area contributed by atoms with Gasteiger partial charge in [0.1, 0.15) is 0 Å². The maximum Gasteiger partial charge on any atom is 0.0389 e. The molecule has 1 saturated heterocycles. The molecule has 3 nitrogen and oxygen atoms in total. The number of hydrogen-bond acceptors (Lipinski definition) is 3. The number of nitrogen functional groups attached to an aromatic ring is 1. The Bertz CT molecular complexity index is 375. The predicted molar refractivity (Wildman–Crippen MR) is 69.9 cm³/mol. The van der Waals surface area contributed by atoms with E-state index in [-0.39, 0.29) is 0 Å². The van der Waals surface area contributed by atoms with Crippen LogP contribution in [-0.4, -0.2) is 37.6 Å². The topological polar surface area (TPSA) is 32.5 Å². The summed E-state index contributed by atoms with van der Waals surface area (Å²) < 4.78 is 0. The van der Waals surface area contributed by atoms with Gasteiger partial charge in [-0.1, -0.05) is 0 Å². The molecular weight excluding hydrogens is 198 g/mol. The summed E-state index contributed by atoms with van der Waals surface area (Å²) in [6.07, 6.45) is 0. The van der Waals surface area contributed by atoms with Crippen LogP contribution in [-0.2, 0) is 0 Å². The number of piperazine rings is 1. The minimum atomic E-state index is 0.571. The molecule has 1 aliphatic rings. The zero-order valence-electron chi connectivity index (χ0n) is 10.4. The Labute approximate surface area is 97.8 Å². The van der Waals surface area contributed by atoms with E-state index in [2.05, 4.69) is 42.8 Å². The molecule has 3 heteroatoms. The first-order chi connectivity index (χ1) is 7.58. The maximum absolute atomic E-state index is 5.85. The summed E-state index contributed by atoms with van der Waals surface area (Å²) in [5.41, 5.74) is 9.20. The Morgan fingerprint density at radius 3 is 2.69 bits per heavy atom. The number of nitrogens with two attached hydrogens (primary N) is 1. The van der Waals surface area contributed by atoms with Crippen molar-refractivity contribution in [2.75, 3.05) is 37.3 Å². The standard InChI is InChI=1S/C13H21N3/c1-10-8-12(4-5-13(10)14)16-7-6-15(3)9-11(16)2/h4-5,8,11H,6-7,9,14H2,1-3H3. The molecule has 0 bridgehead atoms. The van der Waals surface area contributed by atoms with Gasteiger partial charge in [0.05, 0.1) is 0 Å². The summed E-state index contributed by atoms with van der Waals surface area (Å²) in [6.45, 7) is 7.71. The molecular formula is C13H21N3. The highest BCUT2D eigenvalue weighted by Gasteiger charge is 2.21. The lowest BCUT2D eigenvalue weighted by molar-refractivity contribution is 0.275. The fourth-order valence-corrected chi connectivity index (χ4v) is 2.36. The van der Waals surface area contributed by atoms with E-state index in [0.29, 0.717) is 6.04 Å². The third kappa shape index (κ3) is 2.14. The van der Waals surface area contributed by atoms with Gasteiger partial charge in [0.15, 0.2) is 0 Å². The van der Waals surface area contributed by atoms with Crippen LogP contribution in [0.1, 0.15) is 12.5 Å². The molecule has 0 aromatic heterocycles. The van der Waals surface area contributed by atoms with Gasteiger partial charge in [-0.25, -0.2) is 0 Å². The largest absolute Gasteiger partial charge is 0.399 e. The van der Waals surface area contributed by atoms with Crippen molar-refractivity contribution in [1.29, 1.82) is 0 Å². The summed E-state index contributed by atoms with van der Waals surface area (Å²) >= 11 is 0. The van der Waals surface area contributed by atoms with E-state index in [9.17, 15) is 0 Å². The summed E-state index contributed by atoms with van der Waals surface area (Å²) in [5, 5.41) is 0. The smallest absolute Gasteiger partial charge is 0.0389 e. The highest BCUT2D eigenvalue weighted by atomic mass is 15.3. The minimum Gasteiger partial charge on any atom is -0.399 e. The lowest BCUT2D eigenvalue weighted by atomic mass is 10.1. The van der Waals surface area contributed by atoms with E-state index in [4.69, 9.17) is 5.73 Å². The highest BCUT2D eigenvalue weighted by molar-refractivity contribution is 5.58. The van der Waals surface area contributed by atoms with Gasteiger partial charge in [0, 0.05) is 37.1 Å². The second-order valence-corrected chi connectivity index (χ2v) is 4.85. The zero-order valence-corrected chi connectivity index (χ0v) is 10.4. The lowest BCUT2D eigenvalue weighted by Crippen LogP contribution is -2.50. The van der Waals surface area contributed by atoms with Gasteiger partial charge < -0.3 is 15.5 Å². The average molecular weight is 219 g/mol. The monoisotopic (exact) mass is 219 g/mol. The van der Waals surface area contributed by atoms with E-state index >= 15 is 0 Å². The van der Waals surface area contributed by atoms with E-state index in [0.717, 1.165) is 25.3 Å². The molecule has 0 amide bonds. The average Bonchev–Trinajstić information content (AvgIpc) is 2.22. The van der Waals surface area contributed by atoms with Crippen molar-refractivity contribution < 1.29 is 0 Å². The molecule has 1 aliphatic heterocycles. The van der Waals surface area contributed by atoms with Gasteiger partial charge in [-0.05, 0) is 44.7 Å². The summed E-state index contributed by atoms with van der Waals surface area (Å²) in [6, 6.07) is 6.90. The van der Waals surface area contributed by atoms with Crippen LogP contribution < -0.4 is 10.6 Å². The Morgan fingerprint density at radius 2 is 2.06 bits per heavy atom. The van der Waals surface area contributed by atoms with Gasteiger partial charge >= 0.3 is 0 Å². The minimum absolute atomic E-state index is 0.571. The third-order valence-corrected chi connectivity index (χ3v) is 3.42. The molecule has 2 rings (SSSR count). The van der Waals surface area contributed by atoms with Gasteiger partial charge in [-0.3, -0.25) is 0 Å². The lowest BCUT2D eigenvalue weighted by Gasteiger charge is -2.40. The van der Waals surface area contributed by atoms with Crippen molar-refractivity contribution in [2.24, 2.45) is 0 Å². The predicted octanol–water partition coefficient (Wildman–Crippen LogP) is 1.72. The molecule has 16 heavy (non-hydrogen) atoms. The van der Waals surface area contributed by atoms with Crippen molar-refractivity contribution >= 4 is 11.4 Å². The molecule has 0 radical (unpaired) electrons. The van der Waals surface area contributed by atoms with Crippen molar-refractivity contribution in [1.82, 2.24) is 4.90 Å². The number of hydrogen-bond donors (Lipinski definition) is 1. The Kier molecular flexibility index (Phi) is 3.06. The molecule has 1 fully saturated rings. The molecule has 1 atom stereocenters. The molecule has 1 aromatic rings. The molecule has 0 spiro atoms. The molecule has 1 heterocycles. The summed E-state index contributed by atoms with van der Waals surface area (Å²) in [4.78, 5) is 4.85. The Hall–Kier alpha value is -1.22.